The Labute approximate surface area is 122 Å². The fraction of sp³-hybridized carbons (Fsp3) is 0.294. The fourth-order valence-electron chi connectivity index (χ4n) is 2.74. The molecule has 2 aromatic carbocycles. The molecule has 0 amide bonds. The average molecular weight is 317 g/mol. The summed E-state index contributed by atoms with van der Waals surface area (Å²) in [5, 5.41) is 10.3. The van der Waals surface area contributed by atoms with Crippen molar-refractivity contribution in [2.45, 2.75) is 24.9 Å². The summed E-state index contributed by atoms with van der Waals surface area (Å²) in [4.78, 5) is 0. The van der Waals surface area contributed by atoms with Crippen LogP contribution in [0.5, 0.6) is 0 Å². The topological polar surface area (TPSA) is 20.2 Å². The highest BCUT2D eigenvalue weighted by molar-refractivity contribution is 9.10. The molecule has 1 fully saturated rings. The zero-order valence-electron chi connectivity index (χ0n) is 10.7. The van der Waals surface area contributed by atoms with Crippen molar-refractivity contribution in [2.75, 3.05) is 0 Å². The molecule has 1 nitrogen and oxygen atoms in total. The van der Waals surface area contributed by atoms with E-state index < -0.39 is 0 Å². The maximum atomic E-state index is 10.3. The van der Waals surface area contributed by atoms with Crippen LogP contribution in [0.4, 0.5) is 0 Å². The Kier molecular flexibility index (Phi) is 3.72. The van der Waals surface area contributed by atoms with Crippen LogP contribution in [0, 0.1) is 5.92 Å². The first-order chi connectivity index (χ1) is 9.24. The molecule has 0 heterocycles. The normalized spacial score (nSPS) is 23.1. The average Bonchev–Trinajstić information content (AvgIpc) is 3.23. The molecular formula is C17H17BrO. The summed E-state index contributed by atoms with van der Waals surface area (Å²) >= 11 is 3.43. The molecule has 2 heteroatoms. The molecule has 19 heavy (non-hydrogen) atoms. The van der Waals surface area contributed by atoms with Gasteiger partial charge in [-0.2, -0.15) is 0 Å². The highest BCUT2D eigenvalue weighted by Crippen LogP contribution is 2.49. The van der Waals surface area contributed by atoms with Gasteiger partial charge in [-0.05, 0) is 47.9 Å². The van der Waals surface area contributed by atoms with Crippen LogP contribution < -0.4 is 0 Å². The van der Waals surface area contributed by atoms with E-state index >= 15 is 0 Å². The van der Waals surface area contributed by atoms with E-state index in [0.717, 1.165) is 17.3 Å². The van der Waals surface area contributed by atoms with Crippen molar-refractivity contribution in [3.63, 3.8) is 0 Å². The molecular weight excluding hydrogens is 300 g/mol. The molecule has 1 N–H and O–H groups in total. The minimum atomic E-state index is -0.230. The van der Waals surface area contributed by atoms with Gasteiger partial charge in [0.1, 0.15) is 0 Å². The SMILES string of the molecule is OC(Cc1ccc(Br)cc1)C1CC1c1ccccc1. The number of rotatable bonds is 4. The standard InChI is InChI=1S/C17H17BrO/c18-14-8-6-12(7-9-14)10-17(19)16-11-15(16)13-4-2-1-3-5-13/h1-9,15-17,19H,10-11H2. The Balaban J connectivity index is 1.61. The molecule has 3 rings (SSSR count). The van der Waals surface area contributed by atoms with E-state index in [9.17, 15) is 5.11 Å². The molecule has 3 atom stereocenters. The molecule has 3 unspecified atom stereocenters. The van der Waals surface area contributed by atoms with Crippen molar-refractivity contribution in [3.05, 3.63) is 70.2 Å². The van der Waals surface area contributed by atoms with Crippen molar-refractivity contribution < 1.29 is 5.11 Å². The quantitative estimate of drug-likeness (QED) is 0.898. The smallest absolute Gasteiger partial charge is 0.0614 e. The Morgan fingerprint density at radius 3 is 2.42 bits per heavy atom. The van der Waals surface area contributed by atoms with Crippen LogP contribution in [0.15, 0.2) is 59.1 Å². The van der Waals surface area contributed by atoms with Crippen LogP contribution in [0.25, 0.3) is 0 Å². The van der Waals surface area contributed by atoms with Gasteiger partial charge in [-0.1, -0.05) is 58.4 Å². The minimum Gasteiger partial charge on any atom is -0.392 e. The predicted octanol–water partition coefficient (Wildman–Crippen LogP) is 4.16. The second-order valence-electron chi connectivity index (χ2n) is 5.31. The third-order valence-corrected chi connectivity index (χ3v) is 4.45. The summed E-state index contributed by atoms with van der Waals surface area (Å²) in [6, 6.07) is 18.7. The van der Waals surface area contributed by atoms with Crippen LogP contribution in [-0.4, -0.2) is 11.2 Å². The second-order valence-corrected chi connectivity index (χ2v) is 6.23. The predicted molar refractivity (Wildman–Crippen MR) is 81.1 cm³/mol. The molecule has 2 aromatic rings. The van der Waals surface area contributed by atoms with E-state index in [4.69, 9.17) is 0 Å². The summed E-state index contributed by atoms with van der Waals surface area (Å²) in [5.74, 6) is 0.970. The third kappa shape index (κ3) is 3.07. The molecule has 0 bridgehead atoms. The van der Waals surface area contributed by atoms with Crippen molar-refractivity contribution in [3.8, 4) is 0 Å². The first-order valence-corrected chi connectivity index (χ1v) is 7.51. The highest BCUT2D eigenvalue weighted by Gasteiger charge is 2.42. The first kappa shape index (κ1) is 12.9. The van der Waals surface area contributed by atoms with Gasteiger partial charge < -0.3 is 5.11 Å². The van der Waals surface area contributed by atoms with Crippen LogP contribution in [0.1, 0.15) is 23.5 Å². The maximum Gasteiger partial charge on any atom is 0.0614 e. The molecule has 0 aliphatic heterocycles. The largest absolute Gasteiger partial charge is 0.392 e. The van der Waals surface area contributed by atoms with Gasteiger partial charge in [-0.25, -0.2) is 0 Å². The number of hydrogen-bond donors (Lipinski definition) is 1. The highest BCUT2D eigenvalue weighted by atomic mass is 79.9. The van der Waals surface area contributed by atoms with E-state index in [-0.39, 0.29) is 6.10 Å². The molecule has 1 saturated carbocycles. The molecule has 0 saturated heterocycles. The number of benzene rings is 2. The van der Waals surface area contributed by atoms with Gasteiger partial charge >= 0.3 is 0 Å². The van der Waals surface area contributed by atoms with Gasteiger partial charge in [0.2, 0.25) is 0 Å². The summed E-state index contributed by atoms with van der Waals surface area (Å²) < 4.78 is 1.08. The monoisotopic (exact) mass is 316 g/mol. The van der Waals surface area contributed by atoms with Crippen LogP contribution in [-0.2, 0) is 6.42 Å². The van der Waals surface area contributed by atoms with Gasteiger partial charge in [0.15, 0.2) is 0 Å². The van der Waals surface area contributed by atoms with Crippen molar-refractivity contribution in [1.29, 1.82) is 0 Å². The second kappa shape index (κ2) is 5.48. The summed E-state index contributed by atoms with van der Waals surface area (Å²) in [7, 11) is 0. The molecule has 1 aliphatic carbocycles. The minimum absolute atomic E-state index is 0.230. The fourth-order valence-corrected chi connectivity index (χ4v) is 3.00. The zero-order valence-corrected chi connectivity index (χ0v) is 12.3. The maximum absolute atomic E-state index is 10.3. The molecule has 98 valence electrons. The van der Waals surface area contributed by atoms with Crippen molar-refractivity contribution in [1.82, 2.24) is 0 Å². The van der Waals surface area contributed by atoms with E-state index in [1.807, 2.05) is 18.2 Å². The van der Waals surface area contributed by atoms with Crippen LogP contribution >= 0.6 is 15.9 Å². The molecule has 0 aromatic heterocycles. The molecule has 0 spiro atoms. The Hall–Kier alpha value is -1.12. The zero-order chi connectivity index (χ0) is 13.2. The Morgan fingerprint density at radius 1 is 1.05 bits per heavy atom. The lowest BCUT2D eigenvalue weighted by molar-refractivity contribution is 0.149. The number of hydrogen-bond acceptors (Lipinski definition) is 1. The first-order valence-electron chi connectivity index (χ1n) is 6.71. The Morgan fingerprint density at radius 2 is 1.74 bits per heavy atom. The number of aliphatic hydroxyl groups excluding tert-OH is 1. The van der Waals surface area contributed by atoms with E-state index in [1.165, 1.54) is 11.1 Å². The van der Waals surface area contributed by atoms with Crippen molar-refractivity contribution in [2.24, 2.45) is 5.92 Å². The van der Waals surface area contributed by atoms with Crippen LogP contribution in [0.3, 0.4) is 0 Å². The summed E-state index contributed by atoms with van der Waals surface area (Å²) in [6.45, 7) is 0. The van der Waals surface area contributed by atoms with E-state index in [1.54, 1.807) is 0 Å². The number of halogens is 1. The van der Waals surface area contributed by atoms with Gasteiger partial charge in [0.05, 0.1) is 6.10 Å². The van der Waals surface area contributed by atoms with Gasteiger partial charge in [-0.3, -0.25) is 0 Å². The molecule has 0 radical (unpaired) electrons. The van der Waals surface area contributed by atoms with Gasteiger partial charge in [0.25, 0.3) is 0 Å². The van der Waals surface area contributed by atoms with E-state index in [0.29, 0.717) is 11.8 Å². The van der Waals surface area contributed by atoms with Crippen molar-refractivity contribution >= 4 is 15.9 Å². The lowest BCUT2D eigenvalue weighted by atomic mass is 10.0. The lowest BCUT2D eigenvalue weighted by Crippen LogP contribution is -2.14. The van der Waals surface area contributed by atoms with Gasteiger partial charge in [-0.15, -0.1) is 0 Å². The lowest BCUT2D eigenvalue weighted by Gasteiger charge is -2.10. The molecule has 1 aliphatic rings. The van der Waals surface area contributed by atoms with E-state index in [2.05, 4.69) is 52.3 Å². The summed E-state index contributed by atoms with van der Waals surface area (Å²) in [5.41, 5.74) is 2.57. The summed E-state index contributed by atoms with van der Waals surface area (Å²) in [6.07, 6.45) is 1.63. The Bertz CT molecular complexity index is 535. The number of aliphatic hydroxyl groups is 1. The van der Waals surface area contributed by atoms with Gasteiger partial charge in [0, 0.05) is 4.47 Å². The third-order valence-electron chi connectivity index (χ3n) is 3.92. The van der Waals surface area contributed by atoms with Crippen LogP contribution in [0.2, 0.25) is 0 Å².